The van der Waals surface area contributed by atoms with Crippen LogP contribution in [0.15, 0.2) is 41.2 Å². The summed E-state index contributed by atoms with van der Waals surface area (Å²) >= 11 is 0. The first kappa shape index (κ1) is 17.7. The highest BCUT2D eigenvalue weighted by Gasteiger charge is 2.28. The molecule has 1 amide bonds. The van der Waals surface area contributed by atoms with Crippen LogP contribution in [-0.4, -0.2) is 28.8 Å². The lowest BCUT2D eigenvalue weighted by atomic mass is 9.87. The maximum Gasteiger partial charge on any atom is 0.272 e. The van der Waals surface area contributed by atoms with Gasteiger partial charge in [-0.05, 0) is 23.6 Å². The summed E-state index contributed by atoms with van der Waals surface area (Å²) in [5, 5.41) is 8.72. The fourth-order valence-corrected chi connectivity index (χ4v) is 1.95. The fourth-order valence-electron chi connectivity index (χ4n) is 1.95. The number of aromatic amines is 1. The van der Waals surface area contributed by atoms with E-state index in [4.69, 9.17) is 4.74 Å². The van der Waals surface area contributed by atoms with E-state index in [0.29, 0.717) is 0 Å². The van der Waals surface area contributed by atoms with Crippen LogP contribution in [0.2, 0.25) is 0 Å². The largest absolute Gasteiger partial charge is 0.488 e. The van der Waals surface area contributed by atoms with E-state index in [9.17, 15) is 14.0 Å². The number of amides is 1. The number of hydrogen-bond acceptors (Lipinski definition) is 4. The van der Waals surface area contributed by atoms with Crippen molar-refractivity contribution in [3.63, 3.8) is 0 Å². The summed E-state index contributed by atoms with van der Waals surface area (Å²) in [5.74, 6) is -0.773. The Kier molecular flexibility index (Phi) is 5.33. The second-order valence-electron chi connectivity index (χ2n) is 6.44. The number of rotatable bonds is 5. The SMILES string of the molecule is CC(C)(C)[C@H](COc1ccccc1F)NC(=O)c1ccc(=O)[nH]n1. The number of carbonyl (C=O) groups excluding carboxylic acids is 1. The van der Waals surface area contributed by atoms with E-state index in [1.807, 2.05) is 20.8 Å². The number of benzene rings is 1. The van der Waals surface area contributed by atoms with Crippen molar-refractivity contribution in [2.24, 2.45) is 5.41 Å². The minimum Gasteiger partial charge on any atom is -0.488 e. The minimum atomic E-state index is -0.459. The van der Waals surface area contributed by atoms with Gasteiger partial charge in [-0.1, -0.05) is 32.9 Å². The molecule has 0 radical (unpaired) electrons. The third-order valence-corrected chi connectivity index (χ3v) is 3.50. The molecule has 1 aromatic heterocycles. The van der Waals surface area contributed by atoms with E-state index in [0.717, 1.165) is 0 Å². The van der Waals surface area contributed by atoms with E-state index in [1.54, 1.807) is 12.1 Å². The third-order valence-electron chi connectivity index (χ3n) is 3.50. The molecule has 0 unspecified atom stereocenters. The van der Waals surface area contributed by atoms with Crippen LogP contribution in [0.4, 0.5) is 4.39 Å². The molecular formula is C17H20FN3O3. The predicted molar refractivity (Wildman–Crippen MR) is 87.5 cm³/mol. The number of halogens is 1. The van der Waals surface area contributed by atoms with Crippen molar-refractivity contribution in [3.8, 4) is 5.75 Å². The van der Waals surface area contributed by atoms with E-state index >= 15 is 0 Å². The number of nitrogens with zero attached hydrogens (tertiary/aromatic N) is 1. The quantitative estimate of drug-likeness (QED) is 0.878. The van der Waals surface area contributed by atoms with Gasteiger partial charge in [-0.2, -0.15) is 5.10 Å². The molecule has 2 rings (SSSR count). The number of aromatic nitrogens is 2. The molecule has 6 nitrogen and oxygen atoms in total. The molecule has 1 aromatic carbocycles. The van der Waals surface area contributed by atoms with Crippen LogP contribution in [0, 0.1) is 11.2 Å². The van der Waals surface area contributed by atoms with Crippen molar-refractivity contribution < 1.29 is 13.9 Å². The first-order valence-electron chi connectivity index (χ1n) is 7.51. The maximum absolute atomic E-state index is 13.6. The molecular weight excluding hydrogens is 313 g/mol. The average Bonchev–Trinajstić information content (AvgIpc) is 2.52. The standard InChI is InChI=1S/C17H20FN3O3/c1-17(2,3)14(10-24-13-7-5-4-6-11(13)18)19-16(23)12-8-9-15(22)21-20-12/h4-9,14H,10H2,1-3H3,(H,19,23)(H,21,22)/t14-/m0/s1. The molecule has 0 aliphatic heterocycles. The highest BCUT2D eigenvalue weighted by Crippen LogP contribution is 2.22. The van der Waals surface area contributed by atoms with Crippen LogP contribution in [-0.2, 0) is 0 Å². The lowest BCUT2D eigenvalue weighted by Gasteiger charge is -2.31. The molecule has 2 aromatic rings. The van der Waals surface area contributed by atoms with Gasteiger partial charge in [0.1, 0.15) is 12.3 Å². The van der Waals surface area contributed by atoms with E-state index in [-0.39, 0.29) is 29.0 Å². The van der Waals surface area contributed by atoms with Gasteiger partial charge in [0.25, 0.3) is 11.5 Å². The van der Waals surface area contributed by atoms with Crippen LogP contribution in [0.5, 0.6) is 5.75 Å². The zero-order valence-corrected chi connectivity index (χ0v) is 13.8. The maximum atomic E-state index is 13.6. The van der Waals surface area contributed by atoms with Crippen molar-refractivity contribution in [2.75, 3.05) is 6.61 Å². The van der Waals surface area contributed by atoms with Crippen LogP contribution < -0.4 is 15.6 Å². The van der Waals surface area contributed by atoms with Crippen molar-refractivity contribution in [1.82, 2.24) is 15.5 Å². The molecule has 0 aliphatic carbocycles. The lowest BCUT2D eigenvalue weighted by molar-refractivity contribution is 0.0854. The van der Waals surface area contributed by atoms with Gasteiger partial charge in [0.15, 0.2) is 11.6 Å². The van der Waals surface area contributed by atoms with Gasteiger partial charge >= 0.3 is 0 Å². The summed E-state index contributed by atoms with van der Waals surface area (Å²) in [6.07, 6.45) is 0. The summed E-state index contributed by atoms with van der Waals surface area (Å²) in [6.45, 7) is 5.90. The molecule has 0 spiro atoms. The van der Waals surface area contributed by atoms with Crippen molar-refractivity contribution in [3.05, 3.63) is 58.3 Å². The Morgan fingerprint density at radius 3 is 2.58 bits per heavy atom. The summed E-state index contributed by atoms with van der Waals surface area (Å²) in [5.41, 5.74) is -0.625. The van der Waals surface area contributed by atoms with Gasteiger partial charge in [0.05, 0.1) is 6.04 Å². The number of carbonyl (C=O) groups is 1. The first-order valence-corrected chi connectivity index (χ1v) is 7.51. The molecule has 1 atom stereocenters. The molecule has 0 aliphatic rings. The fraction of sp³-hybridized carbons (Fsp3) is 0.353. The van der Waals surface area contributed by atoms with Gasteiger partial charge in [0, 0.05) is 6.07 Å². The van der Waals surface area contributed by atoms with E-state index in [1.165, 1.54) is 24.3 Å². The molecule has 0 fully saturated rings. The zero-order valence-electron chi connectivity index (χ0n) is 13.8. The Hall–Kier alpha value is -2.70. The zero-order chi connectivity index (χ0) is 17.7. The third kappa shape index (κ3) is 4.65. The molecule has 24 heavy (non-hydrogen) atoms. The predicted octanol–water partition coefficient (Wildman–Crippen LogP) is 2.13. The molecule has 1 heterocycles. The number of para-hydroxylation sites is 1. The number of nitrogens with one attached hydrogen (secondary N) is 2. The van der Waals surface area contributed by atoms with Crippen LogP contribution in [0.1, 0.15) is 31.3 Å². The Morgan fingerprint density at radius 2 is 2.00 bits per heavy atom. The van der Waals surface area contributed by atoms with Gasteiger partial charge < -0.3 is 10.1 Å². The second kappa shape index (κ2) is 7.25. The number of ether oxygens (including phenoxy) is 1. The normalized spacial score (nSPS) is 12.5. The first-order chi connectivity index (χ1) is 11.3. The van der Waals surface area contributed by atoms with Gasteiger partial charge in [-0.3, -0.25) is 9.59 Å². The Balaban J connectivity index is 2.08. The second-order valence-corrected chi connectivity index (χ2v) is 6.44. The molecule has 0 saturated carbocycles. The molecule has 128 valence electrons. The van der Waals surface area contributed by atoms with E-state index in [2.05, 4.69) is 15.5 Å². The highest BCUT2D eigenvalue weighted by atomic mass is 19.1. The Labute approximate surface area is 139 Å². The van der Waals surface area contributed by atoms with Crippen molar-refractivity contribution in [1.29, 1.82) is 0 Å². The molecule has 7 heteroatoms. The molecule has 0 saturated heterocycles. The van der Waals surface area contributed by atoms with Crippen LogP contribution >= 0.6 is 0 Å². The van der Waals surface area contributed by atoms with Gasteiger partial charge in [-0.15, -0.1) is 0 Å². The Morgan fingerprint density at radius 1 is 1.29 bits per heavy atom. The highest BCUT2D eigenvalue weighted by molar-refractivity contribution is 5.92. The van der Waals surface area contributed by atoms with Crippen molar-refractivity contribution >= 4 is 5.91 Å². The summed E-state index contributed by atoms with van der Waals surface area (Å²) < 4.78 is 19.2. The summed E-state index contributed by atoms with van der Waals surface area (Å²) in [4.78, 5) is 23.3. The lowest BCUT2D eigenvalue weighted by Crippen LogP contribution is -2.47. The minimum absolute atomic E-state index is 0.0924. The smallest absolute Gasteiger partial charge is 0.272 e. The monoisotopic (exact) mass is 333 g/mol. The van der Waals surface area contributed by atoms with Crippen LogP contribution in [0.25, 0.3) is 0 Å². The summed E-state index contributed by atoms with van der Waals surface area (Å²) in [7, 11) is 0. The molecule has 2 N–H and O–H groups in total. The molecule has 0 bridgehead atoms. The van der Waals surface area contributed by atoms with Gasteiger partial charge in [-0.25, -0.2) is 9.49 Å². The number of hydrogen-bond donors (Lipinski definition) is 2. The Bertz CT molecular complexity index is 748. The van der Waals surface area contributed by atoms with Gasteiger partial charge in [0.2, 0.25) is 0 Å². The van der Waals surface area contributed by atoms with Crippen LogP contribution in [0.3, 0.4) is 0 Å². The topological polar surface area (TPSA) is 84.1 Å². The summed E-state index contributed by atoms with van der Waals surface area (Å²) in [6, 6.07) is 8.26. The number of H-pyrrole nitrogens is 1. The van der Waals surface area contributed by atoms with Crippen molar-refractivity contribution in [2.45, 2.75) is 26.8 Å². The average molecular weight is 333 g/mol. The van der Waals surface area contributed by atoms with E-state index < -0.39 is 17.8 Å².